The van der Waals surface area contributed by atoms with Crippen LogP contribution in [0.2, 0.25) is 0 Å². The zero-order chi connectivity index (χ0) is 25.2. The maximum atomic E-state index is 12.1. The smallest absolute Gasteiger partial charge is 0.343 e. The van der Waals surface area contributed by atoms with E-state index in [1.807, 2.05) is 0 Å². The number of esters is 1. The first-order valence-electron chi connectivity index (χ1n) is 9.05. The van der Waals surface area contributed by atoms with E-state index in [9.17, 15) is 43.7 Å². The molecule has 12 nitrogen and oxygen atoms in total. The number of hydrogen-bond donors (Lipinski definition) is 3. The topological polar surface area (TPSA) is 199 Å². The number of ether oxygens (including phenoxy) is 2. The molecule has 0 saturated heterocycles. The highest BCUT2D eigenvalue weighted by atomic mass is 32.2. The number of benzene rings is 4. The lowest BCUT2D eigenvalue weighted by Gasteiger charge is -2.18. The summed E-state index contributed by atoms with van der Waals surface area (Å²) < 4.78 is 111. The molecule has 0 bridgehead atoms. The number of carbonyl (C=O) groups is 1. The number of hydrogen-bond acceptors (Lipinski definition) is 9. The van der Waals surface area contributed by atoms with E-state index in [0.717, 1.165) is 25.3 Å². The Hall–Kier alpha value is -3.08. The van der Waals surface area contributed by atoms with E-state index < -0.39 is 57.6 Å². The number of methoxy groups -OCH3 is 1. The van der Waals surface area contributed by atoms with E-state index in [2.05, 4.69) is 4.74 Å². The van der Waals surface area contributed by atoms with Crippen LogP contribution in [0.15, 0.2) is 51.1 Å². The molecule has 4 aromatic carbocycles. The monoisotopic (exact) mass is 530 g/mol. The first-order chi connectivity index (χ1) is 15.6. The van der Waals surface area contributed by atoms with Crippen LogP contribution in [-0.4, -0.2) is 58.6 Å². The molecular formula is C19H14O12S3. The van der Waals surface area contributed by atoms with Gasteiger partial charge in [-0.25, -0.2) is 4.79 Å². The SMILES string of the molecule is COC(=O)COc1cc(S(=O)(=O)O)c2ccc3c(S(=O)(=O)O)cc(S(=O)(=O)O)c4ccc1c2c43. The Balaban J connectivity index is 2.31. The van der Waals surface area contributed by atoms with Crippen LogP contribution in [0.4, 0.5) is 0 Å². The Morgan fingerprint density at radius 2 is 1.09 bits per heavy atom. The lowest BCUT2D eigenvalue weighted by molar-refractivity contribution is -0.142. The molecule has 34 heavy (non-hydrogen) atoms. The van der Waals surface area contributed by atoms with Crippen molar-refractivity contribution in [2.24, 2.45) is 0 Å². The van der Waals surface area contributed by atoms with Gasteiger partial charge in [-0.05, 0) is 12.1 Å². The van der Waals surface area contributed by atoms with Crippen LogP contribution in [-0.2, 0) is 39.9 Å². The van der Waals surface area contributed by atoms with Gasteiger partial charge in [-0.1, -0.05) is 18.2 Å². The van der Waals surface area contributed by atoms with Crippen LogP contribution in [0, 0.1) is 0 Å². The molecule has 3 N–H and O–H groups in total. The van der Waals surface area contributed by atoms with Gasteiger partial charge >= 0.3 is 5.97 Å². The third-order valence-electron chi connectivity index (χ3n) is 5.15. The molecule has 0 aliphatic rings. The summed E-state index contributed by atoms with van der Waals surface area (Å²) in [5.74, 6) is -1.05. The van der Waals surface area contributed by atoms with Crippen molar-refractivity contribution in [3.8, 4) is 5.75 Å². The molecule has 0 aliphatic heterocycles. The lowest BCUT2D eigenvalue weighted by atomic mass is 9.93. The predicted octanol–water partition coefficient (Wildman–Crippen LogP) is 1.88. The lowest BCUT2D eigenvalue weighted by Crippen LogP contribution is -2.13. The van der Waals surface area contributed by atoms with Gasteiger partial charge in [0.2, 0.25) is 0 Å². The second-order valence-corrected chi connectivity index (χ2v) is 11.3. The van der Waals surface area contributed by atoms with E-state index in [4.69, 9.17) is 4.74 Å². The third-order valence-corrected chi connectivity index (χ3v) is 7.83. The molecule has 15 heteroatoms. The van der Waals surface area contributed by atoms with Crippen molar-refractivity contribution in [3.63, 3.8) is 0 Å². The van der Waals surface area contributed by atoms with Gasteiger partial charge in [0.05, 0.1) is 7.11 Å². The van der Waals surface area contributed by atoms with Gasteiger partial charge in [0.1, 0.15) is 20.4 Å². The molecular weight excluding hydrogens is 516 g/mol. The third kappa shape index (κ3) is 3.91. The highest BCUT2D eigenvalue weighted by Gasteiger charge is 2.28. The largest absolute Gasteiger partial charge is 0.481 e. The summed E-state index contributed by atoms with van der Waals surface area (Å²) in [4.78, 5) is 9.13. The van der Waals surface area contributed by atoms with E-state index >= 15 is 0 Å². The molecule has 4 rings (SSSR count). The normalized spacial score (nSPS) is 13.1. The summed E-state index contributed by atoms with van der Waals surface area (Å²) in [6.45, 7) is -0.655. The molecule has 0 radical (unpaired) electrons. The molecule has 180 valence electrons. The predicted molar refractivity (Wildman–Crippen MR) is 117 cm³/mol. The van der Waals surface area contributed by atoms with Crippen molar-refractivity contribution < 1.29 is 53.2 Å². The summed E-state index contributed by atoms with van der Waals surface area (Å²) >= 11 is 0. The second-order valence-electron chi connectivity index (χ2n) is 7.11. The summed E-state index contributed by atoms with van der Waals surface area (Å²) in [7, 11) is -13.9. The Morgan fingerprint density at radius 1 is 0.706 bits per heavy atom. The summed E-state index contributed by atoms with van der Waals surface area (Å²) in [6, 6.07) is 6.29. The first kappa shape index (κ1) is 24.1. The Kier molecular flexibility index (Phi) is 5.47. The van der Waals surface area contributed by atoms with Crippen LogP contribution in [0.3, 0.4) is 0 Å². The molecule has 0 spiro atoms. The van der Waals surface area contributed by atoms with E-state index in [1.165, 1.54) is 12.1 Å². The fourth-order valence-corrected chi connectivity index (χ4v) is 6.03. The van der Waals surface area contributed by atoms with Gasteiger partial charge in [-0.2, -0.15) is 25.3 Å². The van der Waals surface area contributed by atoms with Crippen molar-refractivity contribution in [1.29, 1.82) is 0 Å². The highest BCUT2D eigenvalue weighted by molar-refractivity contribution is 7.87. The maximum absolute atomic E-state index is 12.1. The summed E-state index contributed by atoms with van der Waals surface area (Å²) in [6.07, 6.45) is 0. The highest BCUT2D eigenvalue weighted by Crippen LogP contribution is 2.45. The van der Waals surface area contributed by atoms with Gasteiger partial charge in [-0.3, -0.25) is 13.7 Å². The van der Waals surface area contributed by atoms with Crippen LogP contribution in [0.1, 0.15) is 0 Å². The minimum atomic E-state index is -5.02. The average Bonchev–Trinajstić information content (AvgIpc) is 2.72. The first-order valence-corrected chi connectivity index (χ1v) is 13.4. The molecule has 0 amide bonds. The van der Waals surface area contributed by atoms with Crippen LogP contribution < -0.4 is 4.74 Å². The number of carbonyl (C=O) groups excluding carboxylic acids is 1. The Labute approximate surface area is 192 Å². The Bertz CT molecular complexity index is 1770. The average molecular weight is 531 g/mol. The van der Waals surface area contributed by atoms with Crippen molar-refractivity contribution >= 4 is 68.6 Å². The zero-order valence-corrected chi connectivity index (χ0v) is 19.4. The fourth-order valence-electron chi connectivity index (χ4n) is 3.82. The second kappa shape index (κ2) is 7.72. The van der Waals surface area contributed by atoms with E-state index in [0.29, 0.717) is 6.07 Å². The minimum Gasteiger partial charge on any atom is -0.481 e. The molecule has 0 atom stereocenters. The van der Waals surface area contributed by atoms with Crippen LogP contribution in [0.25, 0.3) is 32.3 Å². The van der Waals surface area contributed by atoms with Crippen molar-refractivity contribution in [2.75, 3.05) is 13.7 Å². The van der Waals surface area contributed by atoms with E-state index in [1.54, 1.807) is 0 Å². The molecule has 0 fully saturated rings. The van der Waals surface area contributed by atoms with Gasteiger partial charge in [0.25, 0.3) is 30.4 Å². The minimum absolute atomic E-state index is 0.0691. The summed E-state index contributed by atoms with van der Waals surface area (Å²) in [5.41, 5.74) is 0. The van der Waals surface area contributed by atoms with Crippen LogP contribution in [0.5, 0.6) is 5.75 Å². The fraction of sp³-hybridized carbons (Fsp3) is 0.105. The number of rotatable bonds is 6. The molecule has 0 heterocycles. The van der Waals surface area contributed by atoms with E-state index in [-0.39, 0.29) is 38.1 Å². The summed E-state index contributed by atoms with van der Waals surface area (Å²) in [5, 5.41) is -0.664. The molecule has 0 aliphatic carbocycles. The van der Waals surface area contributed by atoms with Gasteiger partial charge in [-0.15, -0.1) is 0 Å². The standard InChI is InChI=1S/C19H14O12S3/c1-30-17(20)8-31-13-6-14(32(21,22)23)10-4-5-12-16(34(27,28)29)7-15(33(24,25)26)11-3-2-9(13)18(10)19(11)12/h2-7H,8H2,1H3,(H,21,22,23)(H,24,25,26)(H,27,28,29). The molecule has 0 aromatic heterocycles. The van der Waals surface area contributed by atoms with Crippen molar-refractivity contribution in [1.82, 2.24) is 0 Å². The van der Waals surface area contributed by atoms with Crippen molar-refractivity contribution in [3.05, 3.63) is 36.4 Å². The van der Waals surface area contributed by atoms with Gasteiger partial charge < -0.3 is 9.47 Å². The molecule has 0 unspecified atom stereocenters. The molecule has 4 aromatic rings. The van der Waals surface area contributed by atoms with Gasteiger partial charge in [0, 0.05) is 38.4 Å². The van der Waals surface area contributed by atoms with Gasteiger partial charge in [0.15, 0.2) is 6.61 Å². The maximum Gasteiger partial charge on any atom is 0.343 e. The zero-order valence-electron chi connectivity index (χ0n) is 16.9. The Morgan fingerprint density at radius 3 is 1.50 bits per heavy atom. The molecule has 0 saturated carbocycles. The van der Waals surface area contributed by atoms with Crippen molar-refractivity contribution in [2.45, 2.75) is 14.7 Å². The van der Waals surface area contributed by atoms with Crippen LogP contribution >= 0.6 is 0 Å². The quantitative estimate of drug-likeness (QED) is 0.186.